The second-order valence-corrected chi connectivity index (χ2v) is 7.06. The molecule has 8 heteroatoms. The number of furan rings is 1. The molecular formula is C22H31N5O3. The highest BCUT2D eigenvalue weighted by atomic mass is 16.5. The van der Waals surface area contributed by atoms with Crippen molar-refractivity contribution in [3.8, 4) is 0 Å². The SMILES string of the molecule is CCNC(=NCc1cccc(NC(=O)c2ccco2)c1)NCCCN1CCOCC1. The number of amides is 1. The van der Waals surface area contributed by atoms with Gasteiger partial charge in [-0.3, -0.25) is 9.69 Å². The quantitative estimate of drug-likeness (QED) is 0.332. The number of rotatable bonds is 9. The summed E-state index contributed by atoms with van der Waals surface area (Å²) in [5.74, 6) is 0.814. The summed E-state index contributed by atoms with van der Waals surface area (Å²) in [7, 11) is 0. The van der Waals surface area contributed by atoms with Crippen LogP contribution in [0.25, 0.3) is 0 Å². The van der Waals surface area contributed by atoms with Crippen LogP contribution in [0.4, 0.5) is 5.69 Å². The summed E-state index contributed by atoms with van der Waals surface area (Å²) in [4.78, 5) is 19.2. The van der Waals surface area contributed by atoms with E-state index in [1.165, 1.54) is 6.26 Å². The van der Waals surface area contributed by atoms with E-state index in [2.05, 4.69) is 32.8 Å². The summed E-state index contributed by atoms with van der Waals surface area (Å²) in [6, 6.07) is 11.0. The lowest BCUT2D eigenvalue weighted by Gasteiger charge is -2.26. The van der Waals surface area contributed by atoms with Crippen LogP contribution < -0.4 is 16.0 Å². The first-order chi connectivity index (χ1) is 14.7. The van der Waals surface area contributed by atoms with Gasteiger partial charge in [-0.25, -0.2) is 4.99 Å². The van der Waals surface area contributed by atoms with Crippen molar-refractivity contribution in [3.63, 3.8) is 0 Å². The Balaban J connectivity index is 1.48. The van der Waals surface area contributed by atoms with Gasteiger partial charge in [0.05, 0.1) is 26.0 Å². The number of benzene rings is 1. The van der Waals surface area contributed by atoms with Crippen LogP contribution in [0.5, 0.6) is 0 Å². The third-order valence-corrected chi connectivity index (χ3v) is 4.74. The van der Waals surface area contributed by atoms with Gasteiger partial charge in [0.1, 0.15) is 0 Å². The number of ether oxygens (including phenoxy) is 1. The van der Waals surface area contributed by atoms with E-state index in [1.54, 1.807) is 12.1 Å². The van der Waals surface area contributed by atoms with Crippen LogP contribution in [0, 0.1) is 0 Å². The van der Waals surface area contributed by atoms with Crippen molar-refractivity contribution >= 4 is 17.6 Å². The number of anilines is 1. The fourth-order valence-corrected chi connectivity index (χ4v) is 3.19. The molecule has 0 atom stereocenters. The number of aliphatic imine (C=N–C) groups is 1. The molecule has 0 radical (unpaired) electrons. The molecule has 3 rings (SSSR count). The van der Waals surface area contributed by atoms with Crippen LogP contribution >= 0.6 is 0 Å². The van der Waals surface area contributed by atoms with Crippen molar-refractivity contribution in [3.05, 3.63) is 54.0 Å². The fourth-order valence-electron chi connectivity index (χ4n) is 3.19. The predicted octanol–water partition coefficient (Wildman–Crippen LogP) is 2.31. The summed E-state index contributed by atoms with van der Waals surface area (Å²) in [6.45, 7) is 8.99. The normalized spacial score (nSPS) is 15.0. The molecule has 0 bridgehead atoms. The van der Waals surface area contributed by atoms with E-state index in [4.69, 9.17) is 9.15 Å². The number of nitrogens with zero attached hydrogens (tertiary/aromatic N) is 2. The number of hydrogen-bond acceptors (Lipinski definition) is 5. The van der Waals surface area contributed by atoms with Gasteiger partial charge < -0.3 is 25.1 Å². The molecule has 0 unspecified atom stereocenters. The zero-order valence-corrected chi connectivity index (χ0v) is 17.5. The Morgan fingerprint density at radius 1 is 1.17 bits per heavy atom. The maximum Gasteiger partial charge on any atom is 0.291 e. The van der Waals surface area contributed by atoms with Crippen LogP contribution in [0.2, 0.25) is 0 Å². The second-order valence-electron chi connectivity index (χ2n) is 7.06. The Labute approximate surface area is 177 Å². The first kappa shape index (κ1) is 21.9. The molecule has 2 aromatic rings. The van der Waals surface area contributed by atoms with Gasteiger partial charge in [-0.05, 0) is 49.7 Å². The van der Waals surface area contributed by atoms with E-state index in [0.29, 0.717) is 12.2 Å². The van der Waals surface area contributed by atoms with E-state index in [1.807, 2.05) is 24.3 Å². The molecule has 162 valence electrons. The molecule has 8 nitrogen and oxygen atoms in total. The molecule has 1 amide bonds. The van der Waals surface area contributed by atoms with Gasteiger partial charge in [-0.1, -0.05) is 12.1 Å². The van der Waals surface area contributed by atoms with Gasteiger partial charge in [-0.2, -0.15) is 0 Å². The lowest BCUT2D eigenvalue weighted by atomic mass is 10.2. The maximum atomic E-state index is 12.1. The van der Waals surface area contributed by atoms with Gasteiger partial charge in [0.2, 0.25) is 0 Å². The Hall–Kier alpha value is -2.84. The van der Waals surface area contributed by atoms with E-state index < -0.39 is 0 Å². The molecule has 30 heavy (non-hydrogen) atoms. The molecule has 1 aromatic carbocycles. The molecule has 1 aliphatic rings. The Bertz CT molecular complexity index is 801. The number of hydrogen-bond donors (Lipinski definition) is 3. The third kappa shape index (κ3) is 7.20. The zero-order chi connectivity index (χ0) is 21.0. The second kappa shape index (κ2) is 12.0. The minimum Gasteiger partial charge on any atom is -0.459 e. The lowest BCUT2D eigenvalue weighted by Crippen LogP contribution is -2.40. The first-order valence-corrected chi connectivity index (χ1v) is 10.5. The Kier molecular flexibility index (Phi) is 8.74. The maximum absolute atomic E-state index is 12.1. The van der Waals surface area contributed by atoms with Gasteiger partial charge in [0, 0.05) is 31.9 Å². The van der Waals surface area contributed by atoms with Gasteiger partial charge in [0.25, 0.3) is 5.91 Å². The van der Waals surface area contributed by atoms with E-state index in [-0.39, 0.29) is 11.7 Å². The van der Waals surface area contributed by atoms with Gasteiger partial charge >= 0.3 is 0 Å². The van der Waals surface area contributed by atoms with Crippen LogP contribution in [0.3, 0.4) is 0 Å². The summed E-state index contributed by atoms with van der Waals surface area (Å²) >= 11 is 0. The zero-order valence-electron chi connectivity index (χ0n) is 17.5. The molecule has 1 aliphatic heterocycles. The van der Waals surface area contributed by atoms with Crippen molar-refractivity contribution in [1.29, 1.82) is 0 Å². The van der Waals surface area contributed by atoms with E-state index >= 15 is 0 Å². The number of guanidine groups is 1. The summed E-state index contributed by atoms with van der Waals surface area (Å²) in [5.41, 5.74) is 1.73. The van der Waals surface area contributed by atoms with Crippen LogP contribution in [-0.2, 0) is 11.3 Å². The average molecular weight is 414 g/mol. The average Bonchev–Trinajstić information content (AvgIpc) is 3.31. The molecule has 0 saturated carbocycles. The smallest absolute Gasteiger partial charge is 0.291 e. The van der Waals surface area contributed by atoms with Crippen molar-refractivity contribution in [2.75, 3.05) is 51.3 Å². The van der Waals surface area contributed by atoms with Gasteiger partial charge in [0.15, 0.2) is 11.7 Å². The third-order valence-electron chi connectivity index (χ3n) is 4.74. The highest BCUT2D eigenvalue weighted by molar-refractivity contribution is 6.02. The molecule has 1 aromatic heterocycles. The Morgan fingerprint density at radius 3 is 2.80 bits per heavy atom. The molecule has 1 saturated heterocycles. The van der Waals surface area contributed by atoms with Crippen LogP contribution in [0.15, 0.2) is 52.1 Å². The number of carbonyl (C=O) groups excluding carboxylic acids is 1. The molecule has 2 heterocycles. The fraction of sp³-hybridized carbons (Fsp3) is 0.455. The minimum absolute atomic E-state index is 0.268. The van der Waals surface area contributed by atoms with Crippen LogP contribution in [-0.4, -0.2) is 62.7 Å². The standard InChI is InChI=1S/C22H31N5O3/c1-2-23-22(24-9-5-10-27-11-14-29-15-12-27)25-17-18-6-3-7-19(16-18)26-21(28)20-8-4-13-30-20/h3-4,6-8,13,16H,2,5,9-12,14-15,17H2,1H3,(H,26,28)(H2,23,24,25). The highest BCUT2D eigenvalue weighted by Gasteiger charge is 2.10. The predicted molar refractivity (Wildman–Crippen MR) is 118 cm³/mol. The van der Waals surface area contributed by atoms with E-state index in [0.717, 1.165) is 63.9 Å². The van der Waals surface area contributed by atoms with Crippen molar-refractivity contribution in [2.24, 2.45) is 4.99 Å². The minimum atomic E-state index is -0.268. The lowest BCUT2D eigenvalue weighted by molar-refractivity contribution is 0.0376. The van der Waals surface area contributed by atoms with Crippen LogP contribution in [0.1, 0.15) is 29.5 Å². The largest absolute Gasteiger partial charge is 0.459 e. The highest BCUT2D eigenvalue weighted by Crippen LogP contribution is 2.13. The van der Waals surface area contributed by atoms with Gasteiger partial charge in [-0.15, -0.1) is 0 Å². The first-order valence-electron chi connectivity index (χ1n) is 10.5. The Morgan fingerprint density at radius 2 is 2.03 bits per heavy atom. The van der Waals surface area contributed by atoms with Crippen molar-refractivity contribution < 1.29 is 13.9 Å². The molecule has 0 aliphatic carbocycles. The number of morpholine rings is 1. The number of carbonyl (C=O) groups is 1. The summed E-state index contributed by atoms with van der Waals surface area (Å²) in [5, 5.41) is 9.52. The topological polar surface area (TPSA) is 91.1 Å². The molecular weight excluding hydrogens is 382 g/mol. The number of nitrogens with one attached hydrogen (secondary N) is 3. The summed E-state index contributed by atoms with van der Waals surface area (Å²) in [6.07, 6.45) is 2.54. The summed E-state index contributed by atoms with van der Waals surface area (Å²) < 4.78 is 10.5. The monoisotopic (exact) mass is 413 g/mol. The van der Waals surface area contributed by atoms with Crippen molar-refractivity contribution in [2.45, 2.75) is 19.9 Å². The molecule has 1 fully saturated rings. The van der Waals surface area contributed by atoms with Crippen molar-refractivity contribution in [1.82, 2.24) is 15.5 Å². The van der Waals surface area contributed by atoms with E-state index in [9.17, 15) is 4.79 Å². The molecule has 0 spiro atoms. The molecule has 3 N–H and O–H groups in total.